The fraction of sp³-hybridized carbons (Fsp3) is 0.231. The maximum absolute atomic E-state index is 11.1. The highest BCUT2D eigenvalue weighted by molar-refractivity contribution is 6.28. The third-order valence-electron chi connectivity index (χ3n) is 2.92. The van der Waals surface area contributed by atoms with Gasteiger partial charge in [-0.05, 0) is 36.6 Å². The lowest BCUT2D eigenvalue weighted by Gasteiger charge is -2.09. The minimum absolute atomic E-state index is 0.0135. The Morgan fingerprint density at radius 1 is 1.30 bits per heavy atom. The molecule has 6 nitrogen and oxygen atoms in total. The number of nitro groups is 1. The third-order valence-corrected chi connectivity index (χ3v) is 3.09. The molecular formula is C13H13ClN4O2. The van der Waals surface area contributed by atoms with Gasteiger partial charge in [-0.25, -0.2) is 4.98 Å². The first-order chi connectivity index (χ1) is 9.49. The number of benzene rings is 1. The molecule has 0 atom stereocenters. The predicted octanol–water partition coefficient (Wildman–Crippen LogP) is 3.27. The highest BCUT2D eigenvalue weighted by Crippen LogP contribution is 2.27. The molecule has 1 aromatic carbocycles. The predicted molar refractivity (Wildman–Crippen MR) is 76.9 cm³/mol. The molecule has 20 heavy (non-hydrogen) atoms. The first kappa shape index (κ1) is 14.2. The molecule has 1 heterocycles. The molecule has 2 rings (SSSR count). The van der Waals surface area contributed by atoms with Crippen molar-refractivity contribution in [2.24, 2.45) is 0 Å². The van der Waals surface area contributed by atoms with Crippen LogP contribution < -0.4 is 5.32 Å². The van der Waals surface area contributed by atoms with Crippen LogP contribution in [-0.4, -0.2) is 14.9 Å². The Morgan fingerprint density at radius 2 is 2.00 bits per heavy atom. The number of aromatic nitrogens is 2. The van der Waals surface area contributed by atoms with E-state index < -0.39 is 4.92 Å². The van der Waals surface area contributed by atoms with Gasteiger partial charge in [0.2, 0.25) is 11.1 Å². The van der Waals surface area contributed by atoms with Gasteiger partial charge in [0, 0.05) is 6.54 Å². The van der Waals surface area contributed by atoms with Crippen LogP contribution in [0.15, 0.2) is 24.3 Å². The van der Waals surface area contributed by atoms with E-state index in [2.05, 4.69) is 15.3 Å². The van der Waals surface area contributed by atoms with Gasteiger partial charge in [-0.2, -0.15) is 4.98 Å². The molecule has 0 spiro atoms. The quantitative estimate of drug-likeness (QED) is 0.531. The van der Waals surface area contributed by atoms with E-state index in [9.17, 15) is 10.1 Å². The number of anilines is 1. The van der Waals surface area contributed by atoms with Gasteiger partial charge < -0.3 is 5.32 Å². The largest absolute Gasteiger partial charge is 0.360 e. The zero-order valence-electron chi connectivity index (χ0n) is 11.1. The molecule has 0 saturated carbocycles. The molecule has 0 bridgehead atoms. The number of hydrogen-bond acceptors (Lipinski definition) is 5. The van der Waals surface area contributed by atoms with Gasteiger partial charge in [-0.3, -0.25) is 10.1 Å². The van der Waals surface area contributed by atoms with Gasteiger partial charge in [0.15, 0.2) is 0 Å². The molecular weight excluding hydrogens is 280 g/mol. The molecule has 1 aromatic heterocycles. The Balaban J connectivity index is 2.30. The van der Waals surface area contributed by atoms with Crippen molar-refractivity contribution >= 4 is 23.1 Å². The summed E-state index contributed by atoms with van der Waals surface area (Å²) in [6.45, 7) is 3.94. The Labute approximate surface area is 121 Å². The molecule has 0 amide bonds. The van der Waals surface area contributed by atoms with Crippen LogP contribution in [0.2, 0.25) is 5.28 Å². The van der Waals surface area contributed by atoms with E-state index in [1.807, 2.05) is 31.2 Å². The SMILES string of the molecule is Cc1ccccc1CNc1nc(Cl)nc(C)c1[N+](=O)[O-]. The molecule has 7 heteroatoms. The van der Waals surface area contributed by atoms with Crippen LogP contribution in [0.3, 0.4) is 0 Å². The molecule has 0 unspecified atom stereocenters. The van der Waals surface area contributed by atoms with E-state index in [0.29, 0.717) is 6.54 Å². The Morgan fingerprint density at radius 3 is 2.65 bits per heavy atom. The lowest BCUT2D eigenvalue weighted by molar-refractivity contribution is -0.385. The zero-order chi connectivity index (χ0) is 14.7. The van der Waals surface area contributed by atoms with Crippen molar-refractivity contribution in [1.82, 2.24) is 9.97 Å². The van der Waals surface area contributed by atoms with Crippen molar-refractivity contribution in [3.05, 3.63) is 56.5 Å². The summed E-state index contributed by atoms with van der Waals surface area (Å²) >= 11 is 5.75. The minimum atomic E-state index is -0.508. The summed E-state index contributed by atoms with van der Waals surface area (Å²) in [7, 11) is 0. The fourth-order valence-corrected chi connectivity index (χ4v) is 2.07. The van der Waals surface area contributed by atoms with Crippen molar-refractivity contribution in [2.45, 2.75) is 20.4 Å². The van der Waals surface area contributed by atoms with E-state index in [0.717, 1.165) is 11.1 Å². The number of aryl methyl sites for hydroxylation is 2. The number of hydrogen-bond donors (Lipinski definition) is 1. The van der Waals surface area contributed by atoms with Crippen molar-refractivity contribution in [3.8, 4) is 0 Å². The van der Waals surface area contributed by atoms with Gasteiger partial charge in [-0.15, -0.1) is 0 Å². The number of halogens is 1. The summed E-state index contributed by atoms with van der Waals surface area (Å²) in [5.41, 5.74) is 2.22. The van der Waals surface area contributed by atoms with Crippen LogP contribution in [0.1, 0.15) is 16.8 Å². The highest BCUT2D eigenvalue weighted by Gasteiger charge is 2.21. The maximum Gasteiger partial charge on any atom is 0.332 e. The van der Waals surface area contributed by atoms with Crippen molar-refractivity contribution < 1.29 is 4.92 Å². The summed E-state index contributed by atoms with van der Waals surface area (Å²) in [6, 6.07) is 7.77. The number of nitrogens with one attached hydrogen (secondary N) is 1. The molecule has 0 aliphatic rings. The lowest BCUT2D eigenvalue weighted by Crippen LogP contribution is -2.08. The molecule has 0 aliphatic heterocycles. The average Bonchev–Trinajstić information content (AvgIpc) is 2.36. The molecule has 1 N–H and O–H groups in total. The first-order valence-electron chi connectivity index (χ1n) is 5.96. The van der Waals surface area contributed by atoms with Crippen LogP contribution in [0.4, 0.5) is 11.5 Å². The van der Waals surface area contributed by atoms with E-state index in [4.69, 9.17) is 11.6 Å². The van der Waals surface area contributed by atoms with E-state index in [-0.39, 0.29) is 22.5 Å². The lowest BCUT2D eigenvalue weighted by atomic mass is 10.1. The second kappa shape index (κ2) is 5.83. The fourth-order valence-electron chi connectivity index (χ4n) is 1.86. The van der Waals surface area contributed by atoms with Crippen molar-refractivity contribution in [1.29, 1.82) is 0 Å². The maximum atomic E-state index is 11.1. The van der Waals surface area contributed by atoms with Gasteiger partial charge >= 0.3 is 5.69 Å². The molecule has 2 aromatic rings. The van der Waals surface area contributed by atoms with E-state index in [1.165, 1.54) is 6.92 Å². The number of nitrogens with zero attached hydrogens (tertiary/aromatic N) is 3. The molecule has 0 saturated heterocycles. The van der Waals surface area contributed by atoms with Gasteiger partial charge in [-0.1, -0.05) is 24.3 Å². The second-order valence-electron chi connectivity index (χ2n) is 4.31. The summed E-state index contributed by atoms with van der Waals surface area (Å²) in [4.78, 5) is 18.3. The van der Waals surface area contributed by atoms with Gasteiger partial charge in [0.1, 0.15) is 5.69 Å². The number of rotatable bonds is 4. The summed E-state index contributed by atoms with van der Waals surface area (Å²) < 4.78 is 0. The summed E-state index contributed by atoms with van der Waals surface area (Å²) in [5, 5.41) is 14.0. The Hall–Kier alpha value is -2.21. The zero-order valence-corrected chi connectivity index (χ0v) is 11.8. The standard InChI is InChI=1S/C13H13ClN4O2/c1-8-5-3-4-6-10(8)7-15-12-11(18(19)20)9(2)16-13(14)17-12/h3-6H,7H2,1-2H3,(H,15,16,17). The third kappa shape index (κ3) is 3.03. The highest BCUT2D eigenvalue weighted by atomic mass is 35.5. The average molecular weight is 293 g/mol. The van der Waals surface area contributed by atoms with Crippen LogP contribution >= 0.6 is 11.6 Å². The van der Waals surface area contributed by atoms with Gasteiger partial charge in [0.05, 0.1) is 4.92 Å². The summed E-state index contributed by atoms with van der Waals surface area (Å²) in [6.07, 6.45) is 0. The van der Waals surface area contributed by atoms with Crippen LogP contribution in [-0.2, 0) is 6.54 Å². The van der Waals surface area contributed by atoms with Gasteiger partial charge in [0.25, 0.3) is 0 Å². The second-order valence-corrected chi connectivity index (χ2v) is 4.65. The van der Waals surface area contributed by atoms with Crippen molar-refractivity contribution in [3.63, 3.8) is 0 Å². The van der Waals surface area contributed by atoms with Crippen LogP contribution in [0.25, 0.3) is 0 Å². The monoisotopic (exact) mass is 292 g/mol. The Bertz CT molecular complexity index is 661. The minimum Gasteiger partial charge on any atom is -0.360 e. The van der Waals surface area contributed by atoms with Crippen LogP contribution in [0, 0.1) is 24.0 Å². The Kier molecular flexibility index (Phi) is 4.14. The van der Waals surface area contributed by atoms with E-state index >= 15 is 0 Å². The molecule has 0 fully saturated rings. The molecule has 104 valence electrons. The smallest absolute Gasteiger partial charge is 0.332 e. The topological polar surface area (TPSA) is 81.0 Å². The normalized spacial score (nSPS) is 10.3. The first-order valence-corrected chi connectivity index (χ1v) is 6.33. The summed E-state index contributed by atoms with van der Waals surface area (Å²) in [5.74, 6) is 0.135. The van der Waals surface area contributed by atoms with Crippen LogP contribution in [0.5, 0.6) is 0 Å². The molecule has 0 aliphatic carbocycles. The van der Waals surface area contributed by atoms with Crippen molar-refractivity contribution in [2.75, 3.05) is 5.32 Å². The molecule has 0 radical (unpaired) electrons. The van der Waals surface area contributed by atoms with E-state index in [1.54, 1.807) is 0 Å².